The van der Waals surface area contributed by atoms with Crippen LogP contribution in [0.15, 0.2) is 24.3 Å². The average Bonchev–Trinajstić information content (AvgIpc) is 2.39. The number of aliphatic hydroxyl groups excluding tert-OH is 1. The van der Waals surface area contributed by atoms with Gasteiger partial charge in [0.05, 0.1) is 6.10 Å². The molecule has 0 aliphatic rings. The molecule has 0 aliphatic heterocycles. The van der Waals surface area contributed by atoms with Crippen molar-refractivity contribution >= 4 is 34.8 Å². The molecule has 0 amide bonds. The molecule has 1 rings (SSSR count). The fourth-order valence-electron chi connectivity index (χ4n) is 1.91. The van der Waals surface area contributed by atoms with Crippen LogP contribution < -0.4 is 0 Å². The molecule has 0 fully saturated rings. The fourth-order valence-corrected chi connectivity index (χ4v) is 2.28. The molecular weight excluding hydrogens is 305 g/mol. The molecule has 0 spiro atoms. The number of benzene rings is 1. The second kappa shape index (κ2) is 7.70. The third kappa shape index (κ3) is 5.49. The summed E-state index contributed by atoms with van der Waals surface area (Å²) in [5.41, 5.74) is 1.46. The topological polar surface area (TPSA) is 23.5 Å². The zero-order chi connectivity index (χ0) is 14.5. The molecule has 1 N–H and O–H groups in total. The molecule has 0 aliphatic carbocycles. The zero-order valence-electron chi connectivity index (χ0n) is 11.2. The zero-order valence-corrected chi connectivity index (χ0v) is 13.5. The maximum atomic E-state index is 10.1. The van der Waals surface area contributed by atoms with Gasteiger partial charge in [0.1, 0.15) is 0 Å². The molecule has 0 aromatic heterocycles. The van der Waals surface area contributed by atoms with Crippen molar-refractivity contribution in [1.82, 2.24) is 4.90 Å². The van der Waals surface area contributed by atoms with Gasteiger partial charge >= 0.3 is 0 Å². The molecule has 1 aromatic carbocycles. The van der Waals surface area contributed by atoms with E-state index in [9.17, 15) is 5.11 Å². The largest absolute Gasteiger partial charge is 0.388 e. The van der Waals surface area contributed by atoms with Gasteiger partial charge in [-0.2, -0.15) is 0 Å². The Morgan fingerprint density at radius 1 is 1.11 bits per heavy atom. The van der Waals surface area contributed by atoms with Crippen LogP contribution in [0.4, 0.5) is 0 Å². The van der Waals surface area contributed by atoms with Crippen LogP contribution in [0, 0.1) is 0 Å². The monoisotopic (exact) mass is 323 g/mol. The standard InChI is InChI=1S/C14H20Cl3NO/c1-3-18(4-2)10-9-13(19)11-5-7-12(8-6-11)14(15,16)17/h5-8,13,19H,3-4,9-10H2,1-2H3. The summed E-state index contributed by atoms with van der Waals surface area (Å²) in [5.74, 6) is 0. The highest BCUT2D eigenvalue weighted by molar-refractivity contribution is 6.66. The molecule has 1 aromatic rings. The highest BCUT2D eigenvalue weighted by Gasteiger charge is 2.22. The first-order chi connectivity index (χ1) is 8.88. The van der Waals surface area contributed by atoms with Gasteiger partial charge in [-0.25, -0.2) is 0 Å². The first kappa shape index (κ1) is 17.1. The van der Waals surface area contributed by atoms with Crippen molar-refractivity contribution < 1.29 is 5.11 Å². The number of halogens is 3. The van der Waals surface area contributed by atoms with Crippen molar-refractivity contribution in [2.45, 2.75) is 30.2 Å². The molecule has 0 bridgehead atoms. The number of alkyl halides is 3. The molecule has 1 unspecified atom stereocenters. The van der Waals surface area contributed by atoms with Crippen molar-refractivity contribution in [3.8, 4) is 0 Å². The molecule has 0 saturated heterocycles. The molecule has 1 atom stereocenters. The number of hydrogen-bond acceptors (Lipinski definition) is 2. The van der Waals surface area contributed by atoms with E-state index in [-0.39, 0.29) is 0 Å². The summed E-state index contributed by atoms with van der Waals surface area (Å²) >= 11 is 17.4. The van der Waals surface area contributed by atoms with Gasteiger partial charge in [-0.05, 0) is 25.1 Å². The first-order valence-electron chi connectivity index (χ1n) is 6.46. The Morgan fingerprint density at radius 2 is 1.63 bits per heavy atom. The van der Waals surface area contributed by atoms with Crippen LogP contribution in [0.3, 0.4) is 0 Å². The minimum absolute atomic E-state index is 0.481. The van der Waals surface area contributed by atoms with Gasteiger partial charge in [0.25, 0.3) is 0 Å². The molecule has 0 saturated carbocycles. The molecule has 2 nitrogen and oxygen atoms in total. The van der Waals surface area contributed by atoms with Gasteiger partial charge in [-0.3, -0.25) is 0 Å². The highest BCUT2D eigenvalue weighted by atomic mass is 35.6. The van der Waals surface area contributed by atoms with E-state index < -0.39 is 9.90 Å². The number of hydrogen-bond donors (Lipinski definition) is 1. The first-order valence-corrected chi connectivity index (χ1v) is 7.59. The molecule has 0 radical (unpaired) electrons. The Labute approximate surface area is 130 Å². The predicted molar refractivity (Wildman–Crippen MR) is 83.0 cm³/mol. The summed E-state index contributed by atoms with van der Waals surface area (Å²) < 4.78 is -1.41. The van der Waals surface area contributed by atoms with E-state index >= 15 is 0 Å². The van der Waals surface area contributed by atoms with Crippen LogP contribution in [0.1, 0.15) is 37.5 Å². The lowest BCUT2D eigenvalue weighted by Gasteiger charge is -2.20. The number of nitrogens with zero attached hydrogens (tertiary/aromatic N) is 1. The van der Waals surface area contributed by atoms with E-state index in [0.29, 0.717) is 12.0 Å². The Balaban J connectivity index is 2.60. The van der Waals surface area contributed by atoms with Gasteiger partial charge in [0.15, 0.2) is 0 Å². The van der Waals surface area contributed by atoms with Gasteiger partial charge in [0.2, 0.25) is 3.79 Å². The summed E-state index contributed by atoms with van der Waals surface area (Å²) in [7, 11) is 0. The lowest BCUT2D eigenvalue weighted by molar-refractivity contribution is 0.145. The summed E-state index contributed by atoms with van der Waals surface area (Å²) in [6.45, 7) is 7.10. The number of rotatable bonds is 6. The van der Waals surface area contributed by atoms with Gasteiger partial charge in [-0.1, -0.05) is 72.9 Å². The van der Waals surface area contributed by atoms with E-state index in [0.717, 1.165) is 25.2 Å². The average molecular weight is 325 g/mol. The van der Waals surface area contributed by atoms with E-state index in [1.54, 1.807) is 12.1 Å². The van der Waals surface area contributed by atoms with Crippen LogP contribution in [-0.2, 0) is 3.79 Å². The Morgan fingerprint density at radius 3 is 2.05 bits per heavy atom. The SMILES string of the molecule is CCN(CC)CCC(O)c1ccc(C(Cl)(Cl)Cl)cc1. The molecular formula is C14H20Cl3NO. The van der Waals surface area contributed by atoms with Crippen LogP contribution >= 0.6 is 34.8 Å². The Bertz CT molecular complexity index is 371. The van der Waals surface area contributed by atoms with Gasteiger partial charge < -0.3 is 10.0 Å². The molecule has 5 heteroatoms. The summed E-state index contributed by atoms with van der Waals surface area (Å²) in [6, 6.07) is 7.10. The maximum Gasteiger partial charge on any atom is 0.216 e. The van der Waals surface area contributed by atoms with Crippen LogP contribution in [0.25, 0.3) is 0 Å². The van der Waals surface area contributed by atoms with E-state index in [1.807, 2.05) is 12.1 Å². The summed E-state index contributed by atoms with van der Waals surface area (Å²) in [5, 5.41) is 10.1. The second-order valence-electron chi connectivity index (χ2n) is 4.45. The molecule has 19 heavy (non-hydrogen) atoms. The highest BCUT2D eigenvalue weighted by Crippen LogP contribution is 2.38. The molecule has 0 heterocycles. The summed E-state index contributed by atoms with van der Waals surface area (Å²) in [4.78, 5) is 2.28. The minimum Gasteiger partial charge on any atom is -0.388 e. The van der Waals surface area contributed by atoms with Crippen LogP contribution in [0.2, 0.25) is 0 Å². The maximum absolute atomic E-state index is 10.1. The van der Waals surface area contributed by atoms with Crippen molar-refractivity contribution in [2.75, 3.05) is 19.6 Å². The van der Waals surface area contributed by atoms with Crippen LogP contribution in [0.5, 0.6) is 0 Å². The Kier molecular flexibility index (Phi) is 6.92. The predicted octanol–water partition coefficient (Wildman–Crippen LogP) is 4.28. The molecule has 108 valence electrons. The third-order valence-electron chi connectivity index (χ3n) is 3.24. The third-order valence-corrected chi connectivity index (χ3v) is 3.89. The minimum atomic E-state index is -1.41. The summed E-state index contributed by atoms with van der Waals surface area (Å²) in [6.07, 6.45) is 0.222. The smallest absolute Gasteiger partial charge is 0.216 e. The lowest BCUT2D eigenvalue weighted by atomic mass is 10.0. The van der Waals surface area contributed by atoms with E-state index in [1.165, 1.54) is 0 Å². The lowest BCUT2D eigenvalue weighted by Crippen LogP contribution is -2.25. The van der Waals surface area contributed by atoms with Crippen LogP contribution in [-0.4, -0.2) is 29.6 Å². The van der Waals surface area contributed by atoms with Gasteiger partial charge in [-0.15, -0.1) is 0 Å². The quantitative estimate of drug-likeness (QED) is 0.790. The van der Waals surface area contributed by atoms with Crippen molar-refractivity contribution in [1.29, 1.82) is 0 Å². The second-order valence-corrected chi connectivity index (χ2v) is 6.73. The Hall–Kier alpha value is 0.01000. The van der Waals surface area contributed by atoms with Crippen molar-refractivity contribution in [3.63, 3.8) is 0 Å². The van der Waals surface area contributed by atoms with E-state index in [4.69, 9.17) is 34.8 Å². The van der Waals surface area contributed by atoms with Gasteiger partial charge in [0, 0.05) is 12.1 Å². The number of aliphatic hydroxyl groups is 1. The fraction of sp³-hybridized carbons (Fsp3) is 0.571. The van der Waals surface area contributed by atoms with E-state index in [2.05, 4.69) is 18.7 Å². The van der Waals surface area contributed by atoms with Crippen molar-refractivity contribution in [2.24, 2.45) is 0 Å². The normalized spacial score (nSPS) is 13.8. The van der Waals surface area contributed by atoms with Crippen molar-refractivity contribution in [3.05, 3.63) is 35.4 Å².